The Labute approximate surface area is 158 Å². The summed E-state index contributed by atoms with van der Waals surface area (Å²) in [6.45, 7) is 0.382. The average molecular weight is 376 g/mol. The fourth-order valence-corrected chi connectivity index (χ4v) is 2.64. The van der Waals surface area contributed by atoms with Gasteiger partial charge in [0.15, 0.2) is 0 Å². The van der Waals surface area contributed by atoms with E-state index in [1.165, 1.54) is 6.08 Å². The standard InChI is InChI=1S/C20H22ClNO4/c1-22(13-15-11-16(21)7-9-18(15)25-3)20(23)10-6-14-5-8-17(24-2)12-19(14)26-4/h5-12H,13H2,1-4H3/b10-6+. The highest BCUT2D eigenvalue weighted by Gasteiger charge is 2.11. The normalized spacial score (nSPS) is 10.7. The lowest BCUT2D eigenvalue weighted by atomic mass is 10.1. The monoisotopic (exact) mass is 375 g/mol. The van der Waals surface area contributed by atoms with Gasteiger partial charge >= 0.3 is 0 Å². The summed E-state index contributed by atoms with van der Waals surface area (Å²) >= 11 is 6.04. The number of hydrogen-bond acceptors (Lipinski definition) is 4. The Hall–Kier alpha value is -2.66. The molecule has 0 aliphatic rings. The van der Waals surface area contributed by atoms with Crippen LogP contribution in [0.1, 0.15) is 11.1 Å². The van der Waals surface area contributed by atoms with Crippen LogP contribution in [0.25, 0.3) is 6.08 Å². The van der Waals surface area contributed by atoms with Gasteiger partial charge in [-0.3, -0.25) is 4.79 Å². The maximum Gasteiger partial charge on any atom is 0.246 e. The molecule has 5 nitrogen and oxygen atoms in total. The zero-order chi connectivity index (χ0) is 19.1. The first-order chi connectivity index (χ1) is 12.5. The molecule has 0 spiro atoms. The summed E-state index contributed by atoms with van der Waals surface area (Å²) in [4.78, 5) is 14.0. The molecule has 0 atom stereocenters. The lowest BCUT2D eigenvalue weighted by Crippen LogP contribution is -2.24. The molecule has 0 heterocycles. The van der Waals surface area contributed by atoms with Gasteiger partial charge in [0.05, 0.1) is 21.3 Å². The molecule has 138 valence electrons. The summed E-state index contributed by atoms with van der Waals surface area (Å²) in [5.74, 6) is 1.86. The van der Waals surface area contributed by atoms with Crippen LogP contribution in [0.3, 0.4) is 0 Å². The molecule has 0 N–H and O–H groups in total. The van der Waals surface area contributed by atoms with Gasteiger partial charge in [-0.05, 0) is 36.4 Å². The molecule has 2 aromatic carbocycles. The summed E-state index contributed by atoms with van der Waals surface area (Å²) in [6.07, 6.45) is 3.22. The summed E-state index contributed by atoms with van der Waals surface area (Å²) in [6, 6.07) is 10.7. The molecule has 6 heteroatoms. The largest absolute Gasteiger partial charge is 0.497 e. The molecule has 0 aliphatic carbocycles. The second-order valence-electron chi connectivity index (χ2n) is 5.59. The highest BCUT2D eigenvalue weighted by atomic mass is 35.5. The average Bonchev–Trinajstić information content (AvgIpc) is 2.66. The van der Waals surface area contributed by atoms with E-state index in [2.05, 4.69) is 0 Å². The van der Waals surface area contributed by atoms with Crippen molar-refractivity contribution in [2.45, 2.75) is 6.54 Å². The van der Waals surface area contributed by atoms with Gasteiger partial charge in [-0.25, -0.2) is 0 Å². The molecule has 0 aliphatic heterocycles. The number of carbonyl (C=O) groups is 1. The number of rotatable bonds is 7. The highest BCUT2D eigenvalue weighted by Crippen LogP contribution is 2.26. The van der Waals surface area contributed by atoms with E-state index in [9.17, 15) is 4.79 Å². The fourth-order valence-electron chi connectivity index (χ4n) is 2.45. The van der Waals surface area contributed by atoms with Gasteiger partial charge in [-0.15, -0.1) is 0 Å². The molecule has 0 fully saturated rings. The minimum atomic E-state index is -0.148. The first kappa shape index (κ1) is 19.7. The van der Waals surface area contributed by atoms with Crippen molar-refractivity contribution < 1.29 is 19.0 Å². The SMILES string of the molecule is COc1ccc(/C=C/C(=O)N(C)Cc2cc(Cl)ccc2OC)c(OC)c1. The Morgan fingerprint density at radius 2 is 1.77 bits per heavy atom. The van der Waals surface area contributed by atoms with Gasteiger partial charge in [-0.2, -0.15) is 0 Å². The molecule has 0 bridgehead atoms. The second-order valence-corrected chi connectivity index (χ2v) is 6.03. The molecule has 2 rings (SSSR count). The van der Waals surface area contributed by atoms with E-state index in [-0.39, 0.29) is 5.91 Å². The van der Waals surface area contributed by atoms with E-state index in [1.54, 1.807) is 63.6 Å². The van der Waals surface area contributed by atoms with Gasteiger partial charge in [-0.1, -0.05) is 11.6 Å². The summed E-state index contributed by atoms with van der Waals surface area (Å²) in [5, 5.41) is 0.597. The van der Waals surface area contributed by atoms with Crippen molar-refractivity contribution in [1.82, 2.24) is 4.90 Å². The number of carbonyl (C=O) groups excluding carboxylic acids is 1. The predicted octanol–water partition coefficient (Wildman–Crippen LogP) is 4.04. The van der Waals surface area contributed by atoms with Gasteiger partial charge in [0.25, 0.3) is 0 Å². The van der Waals surface area contributed by atoms with Crippen molar-refractivity contribution in [2.75, 3.05) is 28.4 Å². The molecule has 0 aromatic heterocycles. The number of likely N-dealkylation sites (N-methyl/N-ethyl adjacent to an activating group) is 1. The smallest absolute Gasteiger partial charge is 0.246 e. The fraction of sp³-hybridized carbons (Fsp3) is 0.250. The number of methoxy groups -OCH3 is 3. The van der Waals surface area contributed by atoms with Gasteiger partial charge in [0.1, 0.15) is 17.2 Å². The van der Waals surface area contributed by atoms with Crippen molar-refractivity contribution in [3.8, 4) is 17.2 Å². The number of benzene rings is 2. The van der Waals surface area contributed by atoms with E-state index in [4.69, 9.17) is 25.8 Å². The minimum absolute atomic E-state index is 0.148. The van der Waals surface area contributed by atoms with E-state index in [0.717, 1.165) is 11.1 Å². The Morgan fingerprint density at radius 1 is 1.04 bits per heavy atom. The van der Waals surface area contributed by atoms with Crippen LogP contribution >= 0.6 is 11.6 Å². The van der Waals surface area contributed by atoms with Crippen LogP contribution < -0.4 is 14.2 Å². The maximum atomic E-state index is 12.4. The van der Waals surface area contributed by atoms with E-state index >= 15 is 0 Å². The molecular formula is C20H22ClNO4. The highest BCUT2D eigenvalue weighted by molar-refractivity contribution is 6.30. The van der Waals surface area contributed by atoms with E-state index < -0.39 is 0 Å². The Balaban J connectivity index is 2.12. The third-order valence-corrected chi connectivity index (χ3v) is 4.11. The van der Waals surface area contributed by atoms with Crippen LogP contribution in [-0.4, -0.2) is 39.2 Å². The molecule has 1 amide bonds. The van der Waals surface area contributed by atoms with Crippen LogP contribution in [0.5, 0.6) is 17.2 Å². The molecule has 26 heavy (non-hydrogen) atoms. The summed E-state index contributed by atoms with van der Waals surface area (Å²) in [7, 11) is 6.47. The number of hydrogen-bond donors (Lipinski definition) is 0. The Bertz CT molecular complexity index is 804. The maximum absolute atomic E-state index is 12.4. The van der Waals surface area contributed by atoms with Crippen molar-refractivity contribution in [2.24, 2.45) is 0 Å². The van der Waals surface area contributed by atoms with Crippen LogP contribution in [0.4, 0.5) is 0 Å². The van der Waals surface area contributed by atoms with Crippen LogP contribution in [-0.2, 0) is 11.3 Å². The van der Waals surface area contributed by atoms with Gasteiger partial charge in [0, 0.05) is 41.9 Å². The lowest BCUT2D eigenvalue weighted by Gasteiger charge is -2.17. The number of halogens is 1. The van der Waals surface area contributed by atoms with E-state index in [1.807, 2.05) is 12.1 Å². The summed E-state index contributed by atoms with van der Waals surface area (Å²) in [5.41, 5.74) is 1.63. The van der Waals surface area contributed by atoms with Crippen LogP contribution in [0.2, 0.25) is 5.02 Å². The Morgan fingerprint density at radius 3 is 2.42 bits per heavy atom. The van der Waals surface area contributed by atoms with Crippen molar-refractivity contribution in [1.29, 1.82) is 0 Å². The first-order valence-corrected chi connectivity index (χ1v) is 8.34. The topological polar surface area (TPSA) is 48.0 Å². The first-order valence-electron chi connectivity index (χ1n) is 7.96. The van der Waals surface area contributed by atoms with Gasteiger partial charge in [0.2, 0.25) is 5.91 Å². The zero-order valence-electron chi connectivity index (χ0n) is 15.3. The molecule has 0 saturated carbocycles. The minimum Gasteiger partial charge on any atom is -0.497 e. The zero-order valence-corrected chi connectivity index (χ0v) is 16.0. The Kier molecular flexibility index (Phi) is 6.92. The van der Waals surface area contributed by atoms with Crippen LogP contribution in [0, 0.1) is 0 Å². The van der Waals surface area contributed by atoms with Crippen molar-refractivity contribution in [3.05, 3.63) is 58.6 Å². The molecule has 0 unspecified atom stereocenters. The molecule has 0 saturated heterocycles. The number of ether oxygens (including phenoxy) is 3. The summed E-state index contributed by atoms with van der Waals surface area (Å²) < 4.78 is 15.8. The molecule has 0 radical (unpaired) electrons. The number of amides is 1. The lowest BCUT2D eigenvalue weighted by molar-refractivity contribution is -0.125. The third-order valence-electron chi connectivity index (χ3n) is 3.87. The molecule has 2 aromatic rings. The molecular weight excluding hydrogens is 354 g/mol. The number of nitrogens with zero attached hydrogens (tertiary/aromatic N) is 1. The van der Waals surface area contributed by atoms with Gasteiger partial charge < -0.3 is 19.1 Å². The van der Waals surface area contributed by atoms with E-state index in [0.29, 0.717) is 28.8 Å². The quantitative estimate of drug-likeness (QED) is 0.685. The van der Waals surface area contributed by atoms with Crippen molar-refractivity contribution >= 4 is 23.6 Å². The van der Waals surface area contributed by atoms with Crippen molar-refractivity contribution in [3.63, 3.8) is 0 Å². The van der Waals surface area contributed by atoms with Crippen LogP contribution in [0.15, 0.2) is 42.5 Å². The predicted molar refractivity (Wildman–Crippen MR) is 103 cm³/mol. The third kappa shape index (κ3) is 4.92. The second kappa shape index (κ2) is 9.15.